The molecule has 1 aliphatic carbocycles. The second-order valence-electron chi connectivity index (χ2n) is 6.87. The summed E-state index contributed by atoms with van der Waals surface area (Å²) in [4.78, 5) is 26.4. The number of rotatable bonds is 9. The first-order valence-electron chi connectivity index (χ1n) is 9.98. The van der Waals surface area contributed by atoms with E-state index in [1.54, 1.807) is 18.2 Å². The second kappa shape index (κ2) is 11.3. The van der Waals surface area contributed by atoms with Crippen molar-refractivity contribution in [2.75, 3.05) is 34.5 Å². The van der Waals surface area contributed by atoms with E-state index in [0.29, 0.717) is 29.4 Å². The minimum atomic E-state index is -0.577. The number of hydrogen-bond acceptors (Lipinski definition) is 6. The van der Waals surface area contributed by atoms with E-state index in [1.165, 1.54) is 33.8 Å². The Morgan fingerprint density at radius 2 is 1.66 bits per heavy atom. The first-order valence-corrected chi connectivity index (χ1v) is 9.98. The summed E-state index contributed by atoms with van der Waals surface area (Å²) in [7, 11) is 4.57. The summed E-state index contributed by atoms with van der Waals surface area (Å²) in [5.74, 6) is 0.727. The molecule has 2 rings (SSSR count). The Hall–Kier alpha value is -2.70. The van der Waals surface area contributed by atoms with Crippen LogP contribution in [0.3, 0.4) is 0 Å². The molecule has 0 heterocycles. The first kappa shape index (κ1) is 22.6. The quantitative estimate of drug-likeness (QED) is 0.463. The summed E-state index contributed by atoms with van der Waals surface area (Å²) in [5, 5.41) is 0. The van der Waals surface area contributed by atoms with Crippen molar-refractivity contribution < 1.29 is 28.5 Å². The van der Waals surface area contributed by atoms with Gasteiger partial charge >= 0.3 is 5.97 Å². The highest BCUT2D eigenvalue weighted by Gasteiger charge is 2.24. The van der Waals surface area contributed by atoms with Crippen molar-refractivity contribution in [1.82, 2.24) is 4.90 Å². The van der Waals surface area contributed by atoms with E-state index in [-0.39, 0.29) is 18.6 Å². The van der Waals surface area contributed by atoms with Gasteiger partial charge in [0.1, 0.15) is 0 Å². The molecule has 1 aliphatic rings. The second-order valence-corrected chi connectivity index (χ2v) is 6.87. The van der Waals surface area contributed by atoms with Gasteiger partial charge in [-0.3, -0.25) is 4.79 Å². The molecule has 7 nitrogen and oxygen atoms in total. The Bertz CT molecular complexity index is 699. The average molecular weight is 405 g/mol. The van der Waals surface area contributed by atoms with Gasteiger partial charge in [0.05, 0.1) is 21.3 Å². The standard InChI is InChI=1S/C22H31NO6/c1-5-23(17-9-7-6-8-10-17)20(24)15-29-21(25)12-11-16-13-18(26-2)22(28-4)19(14-16)27-3/h11-14,17H,5-10,15H2,1-4H3. The molecule has 29 heavy (non-hydrogen) atoms. The zero-order valence-corrected chi connectivity index (χ0v) is 17.7. The molecule has 0 unspecified atom stereocenters. The molecule has 0 atom stereocenters. The number of benzene rings is 1. The van der Waals surface area contributed by atoms with Crippen LogP contribution in [0.15, 0.2) is 18.2 Å². The van der Waals surface area contributed by atoms with Gasteiger partial charge in [-0.1, -0.05) is 19.3 Å². The number of hydrogen-bond donors (Lipinski definition) is 0. The predicted octanol–water partition coefficient (Wildman–Crippen LogP) is 3.45. The van der Waals surface area contributed by atoms with Crippen molar-refractivity contribution in [3.63, 3.8) is 0 Å². The molecule has 0 N–H and O–H groups in total. The van der Waals surface area contributed by atoms with E-state index in [4.69, 9.17) is 18.9 Å². The normalized spacial score (nSPS) is 14.5. The smallest absolute Gasteiger partial charge is 0.331 e. The van der Waals surface area contributed by atoms with Crippen LogP contribution in [0.1, 0.15) is 44.6 Å². The van der Waals surface area contributed by atoms with Crippen LogP contribution in [-0.4, -0.2) is 57.3 Å². The molecule has 160 valence electrons. The lowest BCUT2D eigenvalue weighted by Crippen LogP contribution is -2.43. The van der Waals surface area contributed by atoms with Crippen LogP contribution in [0.4, 0.5) is 0 Å². The molecule has 0 saturated heterocycles. The van der Waals surface area contributed by atoms with Crippen molar-refractivity contribution in [1.29, 1.82) is 0 Å². The molecule has 0 aliphatic heterocycles. The molecule has 1 fully saturated rings. The lowest BCUT2D eigenvalue weighted by atomic mass is 9.94. The summed E-state index contributed by atoms with van der Waals surface area (Å²) in [5.41, 5.74) is 0.681. The summed E-state index contributed by atoms with van der Waals surface area (Å²) < 4.78 is 21.0. The first-order chi connectivity index (χ1) is 14.0. The number of likely N-dealkylation sites (N-methyl/N-ethyl adjacent to an activating group) is 1. The van der Waals surface area contributed by atoms with Crippen LogP contribution in [0.5, 0.6) is 17.2 Å². The molecule has 0 aromatic heterocycles. The zero-order valence-electron chi connectivity index (χ0n) is 17.7. The van der Waals surface area contributed by atoms with Gasteiger partial charge in [-0.2, -0.15) is 0 Å². The highest BCUT2D eigenvalue weighted by atomic mass is 16.5. The van der Waals surface area contributed by atoms with Crippen LogP contribution >= 0.6 is 0 Å². The number of carbonyl (C=O) groups excluding carboxylic acids is 2. The van der Waals surface area contributed by atoms with Crippen molar-refractivity contribution in [3.8, 4) is 17.2 Å². The van der Waals surface area contributed by atoms with Crippen molar-refractivity contribution in [3.05, 3.63) is 23.8 Å². The maximum atomic E-state index is 12.5. The average Bonchev–Trinajstić information content (AvgIpc) is 2.76. The van der Waals surface area contributed by atoms with Gasteiger partial charge in [0.25, 0.3) is 5.91 Å². The Morgan fingerprint density at radius 3 is 2.17 bits per heavy atom. The maximum absolute atomic E-state index is 12.5. The van der Waals surface area contributed by atoms with Gasteiger partial charge in [-0.25, -0.2) is 4.79 Å². The fourth-order valence-electron chi connectivity index (χ4n) is 3.66. The number of carbonyl (C=O) groups is 2. The lowest BCUT2D eigenvalue weighted by molar-refractivity contribution is -0.149. The Kier molecular flexibility index (Phi) is 8.83. The van der Waals surface area contributed by atoms with Gasteiger partial charge in [-0.05, 0) is 43.5 Å². The van der Waals surface area contributed by atoms with Crippen LogP contribution in [-0.2, 0) is 14.3 Å². The fraction of sp³-hybridized carbons (Fsp3) is 0.545. The van der Waals surface area contributed by atoms with E-state index in [0.717, 1.165) is 25.7 Å². The van der Waals surface area contributed by atoms with Gasteiger partial charge in [0, 0.05) is 18.7 Å². The van der Waals surface area contributed by atoms with Crippen LogP contribution in [0.25, 0.3) is 6.08 Å². The molecular formula is C22H31NO6. The molecule has 1 aromatic carbocycles. The van der Waals surface area contributed by atoms with Crippen molar-refractivity contribution in [2.24, 2.45) is 0 Å². The Labute approximate surface area is 172 Å². The third-order valence-corrected chi connectivity index (χ3v) is 5.11. The third-order valence-electron chi connectivity index (χ3n) is 5.11. The molecule has 1 amide bonds. The number of nitrogens with zero attached hydrogens (tertiary/aromatic N) is 1. The van der Waals surface area contributed by atoms with E-state index in [9.17, 15) is 9.59 Å². The van der Waals surface area contributed by atoms with E-state index >= 15 is 0 Å². The number of methoxy groups -OCH3 is 3. The number of ether oxygens (including phenoxy) is 4. The Balaban J connectivity index is 1.96. The number of amides is 1. The minimum Gasteiger partial charge on any atom is -0.493 e. The summed E-state index contributed by atoms with van der Waals surface area (Å²) in [6.45, 7) is 2.34. The molecular weight excluding hydrogens is 374 g/mol. The van der Waals surface area contributed by atoms with Crippen LogP contribution in [0.2, 0.25) is 0 Å². The lowest BCUT2D eigenvalue weighted by Gasteiger charge is -2.33. The highest BCUT2D eigenvalue weighted by Crippen LogP contribution is 2.38. The van der Waals surface area contributed by atoms with Gasteiger partial charge in [0.2, 0.25) is 5.75 Å². The van der Waals surface area contributed by atoms with Gasteiger partial charge in [-0.15, -0.1) is 0 Å². The van der Waals surface area contributed by atoms with E-state index in [2.05, 4.69) is 0 Å². The Morgan fingerprint density at radius 1 is 1.03 bits per heavy atom. The van der Waals surface area contributed by atoms with Crippen LogP contribution < -0.4 is 14.2 Å². The van der Waals surface area contributed by atoms with Crippen molar-refractivity contribution >= 4 is 18.0 Å². The predicted molar refractivity (Wildman–Crippen MR) is 110 cm³/mol. The van der Waals surface area contributed by atoms with Gasteiger partial charge < -0.3 is 23.8 Å². The number of esters is 1. The molecule has 1 aromatic rings. The summed E-state index contributed by atoms with van der Waals surface area (Å²) in [6.07, 6.45) is 8.42. The van der Waals surface area contributed by atoms with Gasteiger partial charge in [0.15, 0.2) is 18.1 Å². The largest absolute Gasteiger partial charge is 0.493 e. The SMILES string of the molecule is CCN(C(=O)COC(=O)C=Cc1cc(OC)c(OC)c(OC)c1)C1CCCCC1. The summed E-state index contributed by atoms with van der Waals surface area (Å²) >= 11 is 0. The highest BCUT2D eigenvalue weighted by molar-refractivity contribution is 5.89. The molecule has 7 heteroatoms. The topological polar surface area (TPSA) is 74.3 Å². The molecule has 0 spiro atoms. The molecule has 0 bridgehead atoms. The molecule has 0 radical (unpaired) electrons. The minimum absolute atomic E-state index is 0.145. The van der Waals surface area contributed by atoms with Crippen LogP contribution in [0, 0.1) is 0 Å². The maximum Gasteiger partial charge on any atom is 0.331 e. The molecule has 1 saturated carbocycles. The van der Waals surface area contributed by atoms with E-state index < -0.39 is 5.97 Å². The van der Waals surface area contributed by atoms with Crippen molar-refractivity contribution in [2.45, 2.75) is 45.1 Å². The zero-order chi connectivity index (χ0) is 21.2. The fourth-order valence-corrected chi connectivity index (χ4v) is 3.66. The summed E-state index contributed by atoms with van der Waals surface area (Å²) in [6, 6.07) is 3.70. The third kappa shape index (κ3) is 6.14. The monoisotopic (exact) mass is 405 g/mol. The van der Waals surface area contributed by atoms with E-state index in [1.807, 2.05) is 11.8 Å².